The van der Waals surface area contributed by atoms with Crippen molar-refractivity contribution in [3.8, 4) is 0 Å². The number of rotatable bonds is 5. The van der Waals surface area contributed by atoms with Crippen LogP contribution in [0.15, 0.2) is 47.4 Å². The maximum absolute atomic E-state index is 13.6. The van der Waals surface area contributed by atoms with Crippen molar-refractivity contribution in [2.75, 3.05) is 0 Å². The van der Waals surface area contributed by atoms with Gasteiger partial charge in [0, 0.05) is 10.5 Å². The van der Waals surface area contributed by atoms with Crippen LogP contribution in [0.2, 0.25) is 0 Å². The molecule has 21 heavy (non-hydrogen) atoms. The molecule has 0 bridgehead atoms. The fourth-order valence-electron chi connectivity index (χ4n) is 1.95. The average molecular weight is 306 g/mol. The minimum Gasteiger partial charge on any atom is -0.293 e. The fraction of sp³-hybridized carbons (Fsp3) is 0.235. The Morgan fingerprint density at radius 2 is 1.81 bits per heavy atom. The highest BCUT2D eigenvalue weighted by Gasteiger charge is 2.18. The molecular weight excluding hydrogens is 290 g/mol. The topological polar surface area (TPSA) is 17.1 Å². The Morgan fingerprint density at radius 3 is 2.43 bits per heavy atom. The van der Waals surface area contributed by atoms with Crippen LogP contribution in [0, 0.1) is 11.6 Å². The van der Waals surface area contributed by atoms with Gasteiger partial charge in [-0.1, -0.05) is 31.2 Å². The van der Waals surface area contributed by atoms with Gasteiger partial charge < -0.3 is 0 Å². The second-order valence-corrected chi connectivity index (χ2v) is 6.13. The lowest BCUT2D eigenvalue weighted by atomic mass is 10.1. The van der Waals surface area contributed by atoms with Crippen LogP contribution in [0.3, 0.4) is 0 Å². The number of ketones is 1. The van der Waals surface area contributed by atoms with Crippen molar-refractivity contribution in [1.29, 1.82) is 0 Å². The van der Waals surface area contributed by atoms with Crippen molar-refractivity contribution in [3.63, 3.8) is 0 Å². The van der Waals surface area contributed by atoms with Crippen molar-refractivity contribution in [3.05, 3.63) is 65.2 Å². The zero-order valence-electron chi connectivity index (χ0n) is 11.9. The Labute approximate surface area is 127 Å². The number of aryl methyl sites for hydroxylation is 1. The van der Waals surface area contributed by atoms with E-state index in [-0.39, 0.29) is 10.7 Å². The van der Waals surface area contributed by atoms with E-state index in [1.54, 1.807) is 19.1 Å². The smallest absolute Gasteiger partial charge is 0.175 e. The van der Waals surface area contributed by atoms with E-state index in [0.717, 1.165) is 41.9 Å². The quantitative estimate of drug-likeness (QED) is 0.578. The van der Waals surface area contributed by atoms with Crippen molar-refractivity contribution in [1.82, 2.24) is 0 Å². The molecule has 0 saturated carbocycles. The molecule has 2 rings (SSSR count). The summed E-state index contributed by atoms with van der Waals surface area (Å²) >= 11 is 1.03. The first kappa shape index (κ1) is 15.7. The molecule has 0 saturated heterocycles. The lowest BCUT2D eigenvalue weighted by molar-refractivity contribution is 0.0994. The van der Waals surface area contributed by atoms with E-state index in [0.29, 0.717) is 5.56 Å². The zero-order valence-corrected chi connectivity index (χ0v) is 12.7. The van der Waals surface area contributed by atoms with E-state index in [4.69, 9.17) is 0 Å². The van der Waals surface area contributed by atoms with Gasteiger partial charge >= 0.3 is 0 Å². The molecular formula is C17H16F2OS. The Hall–Kier alpha value is -1.68. The number of hydrogen-bond acceptors (Lipinski definition) is 2. The highest BCUT2D eigenvalue weighted by Crippen LogP contribution is 2.28. The SMILES string of the molecule is CCc1ccc(C(=O)C(C)Sc2cc(F)ccc2F)cc1. The molecule has 0 spiro atoms. The third-order valence-electron chi connectivity index (χ3n) is 3.21. The summed E-state index contributed by atoms with van der Waals surface area (Å²) in [7, 11) is 0. The van der Waals surface area contributed by atoms with Crippen LogP contribution in [-0.2, 0) is 6.42 Å². The fourth-order valence-corrected chi connectivity index (χ4v) is 2.94. The van der Waals surface area contributed by atoms with Gasteiger partial charge in [0.1, 0.15) is 11.6 Å². The average Bonchev–Trinajstić information content (AvgIpc) is 2.50. The first-order valence-electron chi connectivity index (χ1n) is 6.76. The predicted octanol–water partition coefficient (Wildman–Crippen LogP) is 4.89. The number of halogens is 2. The number of benzene rings is 2. The summed E-state index contributed by atoms with van der Waals surface area (Å²) in [5.74, 6) is -1.11. The summed E-state index contributed by atoms with van der Waals surface area (Å²) in [5.41, 5.74) is 1.74. The van der Waals surface area contributed by atoms with E-state index in [9.17, 15) is 13.6 Å². The molecule has 2 aromatic carbocycles. The third-order valence-corrected chi connectivity index (χ3v) is 4.35. The predicted molar refractivity (Wildman–Crippen MR) is 81.8 cm³/mol. The van der Waals surface area contributed by atoms with Gasteiger partial charge in [0.05, 0.1) is 5.25 Å². The Bertz CT molecular complexity index is 638. The molecule has 0 radical (unpaired) electrons. The Balaban J connectivity index is 2.13. The minimum atomic E-state index is -0.512. The molecule has 110 valence electrons. The highest BCUT2D eigenvalue weighted by molar-refractivity contribution is 8.00. The number of carbonyl (C=O) groups excluding carboxylic acids is 1. The van der Waals surface area contributed by atoms with Gasteiger partial charge in [-0.3, -0.25) is 4.79 Å². The van der Waals surface area contributed by atoms with Gasteiger partial charge in [-0.15, -0.1) is 11.8 Å². The molecule has 1 unspecified atom stereocenters. The molecule has 0 aliphatic heterocycles. The molecule has 0 aliphatic carbocycles. The first-order chi connectivity index (χ1) is 10.0. The second-order valence-electron chi connectivity index (χ2n) is 4.75. The van der Waals surface area contributed by atoms with Gasteiger partial charge in [-0.05, 0) is 37.1 Å². The molecule has 2 aromatic rings. The Morgan fingerprint density at radius 1 is 1.14 bits per heavy atom. The molecule has 0 aromatic heterocycles. The summed E-state index contributed by atoms with van der Waals surface area (Å²) < 4.78 is 26.7. The molecule has 0 aliphatic rings. The van der Waals surface area contributed by atoms with Gasteiger partial charge in [0.15, 0.2) is 5.78 Å². The monoisotopic (exact) mass is 306 g/mol. The molecule has 1 atom stereocenters. The van der Waals surface area contributed by atoms with Crippen LogP contribution in [0.1, 0.15) is 29.8 Å². The van der Waals surface area contributed by atoms with Crippen LogP contribution in [0.5, 0.6) is 0 Å². The minimum absolute atomic E-state index is 0.0914. The standard InChI is InChI=1S/C17H16F2OS/c1-3-12-4-6-13(7-5-12)17(20)11(2)21-16-10-14(18)8-9-15(16)19/h4-11H,3H2,1-2H3. The molecule has 0 heterocycles. The van der Waals surface area contributed by atoms with Crippen molar-refractivity contribution < 1.29 is 13.6 Å². The highest BCUT2D eigenvalue weighted by atomic mass is 32.2. The summed E-state index contributed by atoms with van der Waals surface area (Å²) in [6.07, 6.45) is 0.910. The van der Waals surface area contributed by atoms with Gasteiger partial charge in [0.2, 0.25) is 0 Å². The maximum Gasteiger partial charge on any atom is 0.175 e. The van der Waals surface area contributed by atoms with E-state index >= 15 is 0 Å². The summed E-state index contributed by atoms with van der Waals surface area (Å²) in [6.45, 7) is 3.74. The van der Waals surface area contributed by atoms with E-state index < -0.39 is 16.9 Å². The normalized spacial score (nSPS) is 12.2. The van der Waals surface area contributed by atoms with Crippen LogP contribution in [-0.4, -0.2) is 11.0 Å². The lowest BCUT2D eigenvalue weighted by Gasteiger charge is -2.11. The molecule has 0 N–H and O–H groups in total. The molecule has 0 fully saturated rings. The Kier molecular flexibility index (Phi) is 5.12. The summed E-state index contributed by atoms with van der Waals surface area (Å²) in [4.78, 5) is 12.5. The van der Waals surface area contributed by atoms with E-state index in [1.165, 1.54) is 0 Å². The third kappa shape index (κ3) is 3.91. The number of carbonyl (C=O) groups is 1. The van der Waals surface area contributed by atoms with Crippen molar-refractivity contribution in [2.45, 2.75) is 30.4 Å². The van der Waals surface area contributed by atoms with E-state index in [2.05, 4.69) is 0 Å². The largest absolute Gasteiger partial charge is 0.293 e. The van der Waals surface area contributed by atoms with Crippen molar-refractivity contribution in [2.24, 2.45) is 0 Å². The van der Waals surface area contributed by atoms with E-state index in [1.807, 2.05) is 19.1 Å². The van der Waals surface area contributed by atoms with Crippen LogP contribution >= 0.6 is 11.8 Å². The zero-order chi connectivity index (χ0) is 15.4. The molecule has 0 amide bonds. The first-order valence-corrected chi connectivity index (χ1v) is 7.64. The number of hydrogen-bond donors (Lipinski definition) is 0. The summed E-state index contributed by atoms with van der Waals surface area (Å²) in [5, 5.41) is -0.478. The molecule has 4 heteroatoms. The lowest BCUT2D eigenvalue weighted by Crippen LogP contribution is -2.13. The van der Waals surface area contributed by atoms with Crippen molar-refractivity contribution >= 4 is 17.5 Å². The number of Topliss-reactive ketones (excluding diaryl/α,β-unsaturated/α-hetero) is 1. The number of thioether (sulfide) groups is 1. The maximum atomic E-state index is 13.6. The van der Waals surface area contributed by atoms with Gasteiger partial charge in [-0.25, -0.2) is 8.78 Å². The second kappa shape index (κ2) is 6.85. The van der Waals surface area contributed by atoms with Gasteiger partial charge in [-0.2, -0.15) is 0 Å². The van der Waals surface area contributed by atoms with Crippen LogP contribution < -0.4 is 0 Å². The van der Waals surface area contributed by atoms with Gasteiger partial charge in [0.25, 0.3) is 0 Å². The molecule has 1 nitrogen and oxygen atoms in total. The van der Waals surface area contributed by atoms with Crippen LogP contribution in [0.4, 0.5) is 8.78 Å². The summed E-state index contributed by atoms with van der Waals surface area (Å²) in [6, 6.07) is 10.6. The van der Waals surface area contributed by atoms with Crippen LogP contribution in [0.25, 0.3) is 0 Å².